The van der Waals surface area contributed by atoms with Gasteiger partial charge in [0, 0.05) is 11.8 Å². The maximum atomic E-state index is 13.2. The van der Waals surface area contributed by atoms with Gasteiger partial charge in [-0.3, -0.25) is 4.79 Å². The van der Waals surface area contributed by atoms with Gasteiger partial charge in [-0.25, -0.2) is 8.78 Å². The summed E-state index contributed by atoms with van der Waals surface area (Å²) in [5.41, 5.74) is 2.63. The van der Waals surface area contributed by atoms with Crippen LogP contribution in [0.4, 0.5) is 14.5 Å². The van der Waals surface area contributed by atoms with Crippen molar-refractivity contribution in [2.75, 3.05) is 5.32 Å². The summed E-state index contributed by atoms with van der Waals surface area (Å²) in [5.74, 6) is -1.64. The Morgan fingerprint density at radius 1 is 1.12 bits per heavy atom. The molecule has 0 bridgehead atoms. The first kappa shape index (κ1) is 16.4. The molecule has 0 spiro atoms. The summed E-state index contributed by atoms with van der Waals surface area (Å²) in [7, 11) is 0. The molecular formula is C19H19F2NO2. The standard InChI is InChI=1S/C19H19F2NO2/c1-12(19(23)22-14-9-10-16(20)17(21)11-14)24-18-8-4-6-13-5-2-3-7-15(13)18/h4,6,8-12H,2-3,5,7H2,1H3,(H,22,23)/t12-/m0/s1. The second-order valence-electron chi connectivity index (χ2n) is 5.98. The number of benzene rings is 2. The highest BCUT2D eigenvalue weighted by atomic mass is 19.2. The fourth-order valence-electron chi connectivity index (χ4n) is 2.92. The summed E-state index contributed by atoms with van der Waals surface area (Å²) < 4.78 is 32.0. The molecule has 0 radical (unpaired) electrons. The topological polar surface area (TPSA) is 38.3 Å². The van der Waals surface area contributed by atoms with Gasteiger partial charge >= 0.3 is 0 Å². The largest absolute Gasteiger partial charge is 0.481 e. The van der Waals surface area contributed by atoms with Crippen molar-refractivity contribution in [1.29, 1.82) is 0 Å². The summed E-state index contributed by atoms with van der Waals surface area (Å²) in [4.78, 5) is 12.2. The Hall–Kier alpha value is -2.43. The minimum atomic E-state index is -1.00. The number of amides is 1. The molecule has 1 aliphatic carbocycles. The number of halogens is 2. The molecule has 1 atom stereocenters. The average molecular weight is 331 g/mol. The Morgan fingerprint density at radius 3 is 2.71 bits per heavy atom. The highest BCUT2D eigenvalue weighted by Gasteiger charge is 2.19. The smallest absolute Gasteiger partial charge is 0.265 e. The van der Waals surface area contributed by atoms with E-state index >= 15 is 0 Å². The zero-order valence-electron chi connectivity index (χ0n) is 13.4. The van der Waals surface area contributed by atoms with E-state index < -0.39 is 23.6 Å². The number of rotatable bonds is 4. The van der Waals surface area contributed by atoms with Gasteiger partial charge < -0.3 is 10.1 Å². The van der Waals surface area contributed by atoms with E-state index in [0.29, 0.717) is 0 Å². The van der Waals surface area contributed by atoms with E-state index in [4.69, 9.17) is 4.74 Å². The normalized spacial score (nSPS) is 14.6. The second kappa shape index (κ2) is 6.99. The fraction of sp³-hybridized carbons (Fsp3) is 0.316. The Labute approximate surface area is 139 Å². The van der Waals surface area contributed by atoms with E-state index in [0.717, 1.165) is 42.7 Å². The number of carbonyl (C=O) groups excluding carboxylic acids is 1. The van der Waals surface area contributed by atoms with Gasteiger partial charge in [-0.05, 0) is 61.9 Å². The van der Waals surface area contributed by atoms with Crippen LogP contribution in [0.15, 0.2) is 36.4 Å². The number of aryl methyl sites for hydroxylation is 1. The molecule has 1 amide bonds. The molecule has 0 aliphatic heterocycles. The minimum absolute atomic E-state index is 0.199. The quantitative estimate of drug-likeness (QED) is 0.909. The van der Waals surface area contributed by atoms with Crippen LogP contribution in [0, 0.1) is 11.6 Å². The molecule has 24 heavy (non-hydrogen) atoms. The van der Waals surface area contributed by atoms with Gasteiger partial charge in [-0.2, -0.15) is 0 Å². The van der Waals surface area contributed by atoms with Crippen LogP contribution in [-0.2, 0) is 17.6 Å². The van der Waals surface area contributed by atoms with E-state index in [1.54, 1.807) is 6.92 Å². The number of nitrogens with one attached hydrogen (secondary N) is 1. The van der Waals surface area contributed by atoms with Gasteiger partial charge in [0.05, 0.1) is 0 Å². The van der Waals surface area contributed by atoms with Crippen LogP contribution in [0.3, 0.4) is 0 Å². The summed E-state index contributed by atoms with van der Waals surface area (Å²) >= 11 is 0. The van der Waals surface area contributed by atoms with Crippen molar-refractivity contribution in [3.05, 3.63) is 59.2 Å². The first-order valence-electron chi connectivity index (χ1n) is 8.08. The van der Waals surface area contributed by atoms with Crippen LogP contribution in [0.5, 0.6) is 5.75 Å². The van der Waals surface area contributed by atoms with Crippen molar-refractivity contribution in [3.8, 4) is 5.75 Å². The van der Waals surface area contributed by atoms with Gasteiger partial charge in [0.25, 0.3) is 5.91 Å². The maximum Gasteiger partial charge on any atom is 0.265 e. The monoisotopic (exact) mass is 331 g/mol. The number of hydrogen-bond donors (Lipinski definition) is 1. The summed E-state index contributed by atoms with van der Waals surface area (Å²) in [5, 5.41) is 2.54. The highest BCUT2D eigenvalue weighted by Crippen LogP contribution is 2.30. The molecule has 126 valence electrons. The molecule has 0 saturated carbocycles. The molecule has 2 aromatic carbocycles. The number of ether oxygens (including phenoxy) is 1. The molecule has 5 heteroatoms. The van der Waals surface area contributed by atoms with Crippen molar-refractivity contribution in [2.45, 2.75) is 38.7 Å². The summed E-state index contributed by atoms with van der Waals surface area (Å²) in [6.45, 7) is 1.64. The van der Waals surface area contributed by atoms with Crippen molar-refractivity contribution < 1.29 is 18.3 Å². The number of carbonyl (C=O) groups is 1. The Balaban J connectivity index is 1.69. The lowest BCUT2D eigenvalue weighted by molar-refractivity contribution is -0.122. The highest BCUT2D eigenvalue weighted by molar-refractivity contribution is 5.94. The molecule has 1 aliphatic rings. The molecule has 2 aromatic rings. The lowest BCUT2D eigenvalue weighted by atomic mass is 9.91. The molecule has 0 saturated heterocycles. The van der Waals surface area contributed by atoms with Crippen molar-refractivity contribution in [2.24, 2.45) is 0 Å². The molecule has 3 nitrogen and oxygen atoms in total. The third kappa shape index (κ3) is 3.55. The molecule has 1 N–H and O–H groups in total. The van der Waals surface area contributed by atoms with Gasteiger partial charge in [0.15, 0.2) is 17.7 Å². The van der Waals surface area contributed by atoms with Crippen molar-refractivity contribution >= 4 is 11.6 Å². The molecular weight excluding hydrogens is 312 g/mol. The van der Waals surface area contributed by atoms with Crippen molar-refractivity contribution in [3.63, 3.8) is 0 Å². The lowest BCUT2D eigenvalue weighted by Gasteiger charge is -2.22. The zero-order chi connectivity index (χ0) is 17.1. The molecule has 0 fully saturated rings. The van der Waals surface area contributed by atoms with Gasteiger partial charge in [0.1, 0.15) is 5.75 Å². The van der Waals surface area contributed by atoms with Gasteiger partial charge in [-0.1, -0.05) is 12.1 Å². The van der Waals surface area contributed by atoms with Crippen LogP contribution in [0.1, 0.15) is 30.9 Å². The first-order valence-corrected chi connectivity index (χ1v) is 8.08. The summed E-state index contributed by atoms with van der Waals surface area (Å²) in [6, 6.07) is 9.13. The van der Waals surface area contributed by atoms with Crippen LogP contribution in [0.2, 0.25) is 0 Å². The van der Waals surface area contributed by atoms with E-state index in [1.807, 2.05) is 12.1 Å². The zero-order valence-corrected chi connectivity index (χ0v) is 13.4. The van der Waals surface area contributed by atoms with Crippen LogP contribution in [0.25, 0.3) is 0 Å². The number of anilines is 1. The van der Waals surface area contributed by atoms with E-state index in [9.17, 15) is 13.6 Å². The van der Waals surface area contributed by atoms with Crippen LogP contribution < -0.4 is 10.1 Å². The second-order valence-corrected chi connectivity index (χ2v) is 5.98. The van der Waals surface area contributed by atoms with Gasteiger partial charge in [0.2, 0.25) is 0 Å². The number of fused-ring (bicyclic) bond motifs is 1. The predicted molar refractivity (Wildman–Crippen MR) is 88.2 cm³/mol. The predicted octanol–water partition coefficient (Wildman–Crippen LogP) is 4.25. The third-order valence-corrected chi connectivity index (χ3v) is 4.21. The van der Waals surface area contributed by atoms with E-state index in [1.165, 1.54) is 18.1 Å². The Kier molecular flexibility index (Phi) is 4.79. The van der Waals surface area contributed by atoms with E-state index in [2.05, 4.69) is 11.4 Å². The van der Waals surface area contributed by atoms with E-state index in [-0.39, 0.29) is 5.69 Å². The number of hydrogen-bond acceptors (Lipinski definition) is 2. The molecule has 0 unspecified atom stereocenters. The molecule has 3 rings (SSSR count). The minimum Gasteiger partial charge on any atom is -0.481 e. The first-order chi connectivity index (χ1) is 11.5. The summed E-state index contributed by atoms with van der Waals surface area (Å²) in [6.07, 6.45) is 3.52. The van der Waals surface area contributed by atoms with Gasteiger partial charge in [-0.15, -0.1) is 0 Å². The Morgan fingerprint density at radius 2 is 1.92 bits per heavy atom. The fourth-order valence-corrected chi connectivity index (χ4v) is 2.92. The van der Waals surface area contributed by atoms with Crippen molar-refractivity contribution in [1.82, 2.24) is 0 Å². The average Bonchev–Trinajstić information content (AvgIpc) is 2.58. The Bertz CT molecular complexity index is 761. The maximum absolute atomic E-state index is 13.2. The molecule has 0 aromatic heterocycles. The third-order valence-electron chi connectivity index (χ3n) is 4.21. The molecule has 0 heterocycles. The van der Waals surface area contributed by atoms with Crippen LogP contribution in [-0.4, -0.2) is 12.0 Å². The lowest BCUT2D eigenvalue weighted by Crippen LogP contribution is -2.30. The SMILES string of the molecule is C[C@H](Oc1cccc2c1CCCC2)C(=O)Nc1ccc(F)c(F)c1. The van der Waals surface area contributed by atoms with Crippen LogP contribution >= 0.6 is 0 Å².